The van der Waals surface area contributed by atoms with Crippen LogP contribution in [0.4, 0.5) is 0 Å². The first-order valence-electron chi connectivity index (χ1n) is 5.36. The zero-order valence-corrected chi connectivity index (χ0v) is 9.56. The Kier molecular flexibility index (Phi) is 4.06. The lowest BCUT2D eigenvalue weighted by atomic mass is 9.81. The second-order valence-electron chi connectivity index (χ2n) is 4.29. The summed E-state index contributed by atoms with van der Waals surface area (Å²) in [5.41, 5.74) is 6.30. The largest absolute Gasteiger partial charge is 0.478 e. The van der Waals surface area contributed by atoms with Crippen molar-refractivity contribution >= 4 is 11.9 Å². The van der Waals surface area contributed by atoms with Gasteiger partial charge in [0.15, 0.2) is 0 Å². The molecule has 5 heteroatoms. The predicted molar refractivity (Wildman–Crippen MR) is 59.7 cm³/mol. The Hall–Kier alpha value is -1.36. The molecule has 3 atom stereocenters. The van der Waals surface area contributed by atoms with Gasteiger partial charge < -0.3 is 16.2 Å². The fraction of sp³-hybridized carbons (Fsp3) is 0.636. The molecule has 0 spiro atoms. The van der Waals surface area contributed by atoms with Gasteiger partial charge in [-0.05, 0) is 25.7 Å². The lowest BCUT2D eigenvalue weighted by Crippen LogP contribution is -2.46. The van der Waals surface area contributed by atoms with Crippen LogP contribution < -0.4 is 11.1 Å². The quantitative estimate of drug-likeness (QED) is 0.643. The van der Waals surface area contributed by atoms with Crippen molar-refractivity contribution in [2.75, 3.05) is 0 Å². The van der Waals surface area contributed by atoms with Crippen LogP contribution in [0, 0.1) is 5.92 Å². The third kappa shape index (κ3) is 3.06. The van der Waals surface area contributed by atoms with Crippen molar-refractivity contribution in [3.8, 4) is 0 Å². The molecule has 0 aromatic rings. The number of hydrogen-bond acceptors (Lipinski definition) is 3. The SMILES string of the molecule is CC(=O)N[C@@H](C)[C@H]1CC=C(C(=O)O)C[C@@H]1N. The van der Waals surface area contributed by atoms with E-state index in [1.54, 1.807) is 6.08 Å². The number of aliphatic carboxylic acids is 1. The second kappa shape index (κ2) is 5.12. The fourth-order valence-corrected chi connectivity index (χ4v) is 2.12. The van der Waals surface area contributed by atoms with Crippen molar-refractivity contribution in [2.24, 2.45) is 11.7 Å². The summed E-state index contributed by atoms with van der Waals surface area (Å²) < 4.78 is 0. The maximum atomic E-state index is 10.9. The third-order valence-electron chi connectivity index (χ3n) is 2.99. The van der Waals surface area contributed by atoms with Gasteiger partial charge in [0.05, 0.1) is 0 Å². The van der Waals surface area contributed by atoms with E-state index >= 15 is 0 Å². The number of nitrogens with two attached hydrogens (primary N) is 1. The van der Waals surface area contributed by atoms with Gasteiger partial charge in [-0.25, -0.2) is 4.79 Å². The molecule has 0 unspecified atom stereocenters. The van der Waals surface area contributed by atoms with Gasteiger partial charge in [-0.2, -0.15) is 0 Å². The molecular formula is C11H18N2O3. The Morgan fingerprint density at radius 3 is 2.69 bits per heavy atom. The van der Waals surface area contributed by atoms with Crippen LogP contribution in [0.25, 0.3) is 0 Å². The van der Waals surface area contributed by atoms with E-state index in [0.717, 1.165) is 0 Å². The van der Waals surface area contributed by atoms with Gasteiger partial charge in [0.25, 0.3) is 0 Å². The highest BCUT2D eigenvalue weighted by molar-refractivity contribution is 5.86. The van der Waals surface area contributed by atoms with Crippen LogP contribution in [-0.4, -0.2) is 29.1 Å². The molecule has 90 valence electrons. The van der Waals surface area contributed by atoms with Crippen molar-refractivity contribution in [3.05, 3.63) is 11.6 Å². The van der Waals surface area contributed by atoms with Gasteiger partial charge in [0.2, 0.25) is 5.91 Å². The fourth-order valence-electron chi connectivity index (χ4n) is 2.12. The molecule has 1 rings (SSSR count). The Balaban J connectivity index is 2.65. The van der Waals surface area contributed by atoms with Crippen molar-refractivity contribution in [1.29, 1.82) is 0 Å². The highest BCUT2D eigenvalue weighted by atomic mass is 16.4. The predicted octanol–water partition coefficient (Wildman–Crippen LogP) is 0.259. The molecule has 1 aliphatic rings. The van der Waals surface area contributed by atoms with Gasteiger partial charge in [0.1, 0.15) is 0 Å². The molecule has 0 aliphatic heterocycles. The van der Waals surface area contributed by atoms with E-state index < -0.39 is 5.97 Å². The van der Waals surface area contributed by atoms with Gasteiger partial charge in [-0.3, -0.25) is 4.79 Å². The standard InChI is InChI=1S/C11H18N2O3/c1-6(13-7(2)14)9-4-3-8(11(15)16)5-10(9)12/h3,6,9-10H,4-5,12H2,1-2H3,(H,13,14)(H,15,16)/t6-,9+,10-/m0/s1. The van der Waals surface area contributed by atoms with Gasteiger partial charge in [0, 0.05) is 24.6 Å². The highest BCUT2D eigenvalue weighted by Gasteiger charge is 2.29. The van der Waals surface area contributed by atoms with E-state index in [-0.39, 0.29) is 23.9 Å². The third-order valence-corrected chi connectivity index (χ3v) is 2.99. The minimum absolute atomic E-state index is 0.0286. The lowest BCUT2D eigenvalue weighted by Gasteiger charge is -2.32. The number of carbonyl (C=O) groups excluding carboxylic acids is 1. The first kappa shape index (κ1) is 12.7. The minimum Gasteiger partial charge on any atom is -0.478 e. The summed E-state index contributed by atoms with van der Waals surface area (Å²) in [4.78, 5) is 21.7. The average Bonchev–Trinajstić information content (AvgIpc) is 2.15. The smallest absolute Gasteiger partial charge is 0.331 e. The molecule has 0 heterocycles. The van der Waals surface area contributed by atoms with E-state index in [4.69, 9.17) is 10.8 Å². The number of amides is 1. The first-order valence-corrected chi connectivity index (χ1v) is 5.36. The molecule has 1 amide bonds. The van der Waals surface area contributed by atoms with Crippen molar-refractivity contribution in [3.63, 3.8) is 0 Å². The van der Waals surface area contributed by atoms with Crippen LogP contribution >= 0.6 is 0 Å². The van der Waals surface area contributed by atoms with Gasteiger partial charge >= 0.3 is 5.97 Å². The number of nitrogens with one attached hydrogen (secondary N) is 1. The van der Waals surface area contributed by atoms with Crippen LogP contribution in [0.1, 0.15) is 26.7 Å². The average molecular weight is 226 g/mol. The Bertz CT molecular complexity index is 325. The first-order chi connectivity index (χ1) is 7.41. The zero-order chi connectivity index (χ0) is 12.3. The number of allylic oxidation sites excluding steroid dienone is 1. The number of carboxylic acid groups (broad SMARTS) is 1. The van der Waals surface area contributed by atoms with E-state index in [9.17, 15) is 9.59 Å². The lowest BCUT2D eigenvalue weighted by molar-refractivity contribution is -0.133. The summed E-state index contributed by atoms with van der Waals surface area (Å²) in [5, 5.41) is 11.6. The molecule has 16 heavy (non-hydrogen) atoms. The van der Waals surface area contributed by atoms with Gasteiger partial charge in [-0.15, -0.1) is 0 Å². The molecule has 0 aromatic heterocycles. The topological polar surface area (TPSA) is 92.4 Å². The summed E-state index contributed by atoms with van der Waals surface area (Å²) in [6.45, 7) is 3.36. The van der Waals surface area contributed by atoms with Crippen LogP contribution in [0.2, 0.25) is 0 Å². The maximum Gasteiger partial charge on any atom is 0.331 e. The maximum absolute atomic E-state index is 10.9. The Morgan fingerprint density at radius 1 is 1.62 bits per heavy atom. The number of rotatable bonds is 3. The van der Waals surface area contributed by atoms with Crippen molar-refractivity contribution in [2.45, 2.75) is 38.8 Å². The minimum atomic E-state index is -0.902. The van der Waals surface area contributed by atoms with Crippen LogP contribution in [0.3, 0.4) is 0 Å². The van der Waals surface area contributed by atoms with Gasteiger partial charge in [-0.1, -0.05) is 6.08 Å². The van der Waals surface area contributed by atoms with E-state index in [1.807, 2.05) is 6.92 Å². The number of carbonyl (C=O) groups is 2. The molecule has 1 aliphatic carbocycles. The second-order valence-corrected chi connectivity index (χ2v) is 4.29. The molecule has 5 nitrogen and oxygen atoms in total. The number of carboxylic acids is 1. The van der Waals surface area contributed by atoms with E-state index in [1.165, 1.54) is 6.92 Å². The monoisotopic (exact) mass is 226 g/mol. The Labute approximate surface area is 94.7 Å². The van der Waals surface area contributed by atoms with Crippen LogP contribution in [0.15, 0.2) is 11.6 Å². The van der Waals surface area contributed by atoms with E-state index in [2.05, 4.69) is 5.32 Å². The molecule has 0 radical (unpaired) electrons. The molecule has 0 saturated carbocycles. The summed E-state index contributed by atoms with van der Waals surface area (Å²) >= 11 is 0. The zero-order valence-electron chi connectivity index (χ0n) is 9.56. The van der Waals surface area contributed by atoms with Crippen LogP contribution in [0.5, 0.6) is 0 Å². The molecule has 0 saturated heterocycles. The van der Waals surface area contributed by atoms with E-state index in [0.29, 0.717) is 18.4 Å². The van der Waals surface area contributed by atoms with Crippen molar-refractivity contribution < 1.29 is 14.7 Å². The summed E-state index contributed by atoms with van der Waals surface area (Å²) in [7, 11) is 0. The number of hydrogen-bond donors (Lipinski definition) is 3. The Morgan fingerprint density at radius 2 is 2.25 bits per heavy atom. The molecule has 0 fully saturated rings. The molecular weight excluding hydrogens is 208 g/mol. The highest BCUT2D eigenvalue weighted by Crippen LogP contribution is 2.25. The molecule has 0 bridgehead atoms. The van der Waals surface area contributed by atoms with Crippen LogP contribution in [-0.2, 0) is 9.59 Å². The summed E-state index contributed by atoms with van der Waals surface area (Å²) in [6.07, 6.45) is 2.67. The molecule has 4 N–H and O–H groups in total. The normalized spacial score (nSPS) is 26.8. The van der Waals surface area contributed by atoms with Crippen molar-refractivity contribution in [1.82, 2.24) is 5.32 Å². The summed E-state index contributed by atoms with van der Waals surface area (Å²) in [6, 6.07) is -0.239. The molecule has 0 aromatic carbocycles. The summed E-state index contributed by atoms with van der Waals surface area (Å²) in [5.74, 6) is -0.888.